The number of phenols is 1. The van der Waals surface area contributed by atoms with Gasteiger partial charge >= 0.3 is 0 Å². The largest absolute Gasteiger partial charge is 0.507 e. The van der Waals surface area contributed by atoms with E-state index in [9.17, 15) is 9.90 Å². The highest BCUT2D eigenvalue weighted by Crippen LogP contribution is 2.27. The van der Waals surface area contributed by atoms with Crippen LogP contribution >= 0.6 is 0 Å². The number of para-hydroxylation sites is 1. The second-order valence-electron chi connectivity index (χ2n) is 5.17. The second kappa shape index (κ2) is 5.89. The van der Waals surface area contributed by atoms with E-state index in [-0.39, 0.29) is 11.7 Å². The molecule has 0 spiro atoms. The Hall–Kier alpha value is -1.51. The van der Waals surface area contributed by atoms with Crippen molar-refractivity contribution in [2.45, 2.75) is 39.0 Å². The number of rotatable bonds is 4. The van der Waals surface area contributed by atoms with Crippen molar-refractivity contribution in [3.8, 4) is 5.75 Å². The summed E-state index contributed by atoms with van der Waals surface area (Å²) in [4.78, 5) is 11.9. The zero-order chi connectivity index (χ0) is 13.0. The summed E-state index contributed by atoms with van der Waals surface area (Å²) < 4.78 is 0. The number of phenolic OH excluding ortho intramolecular Hbond substituents is 1. The molecule has 2 rings (SSSR count). The van der Waals surface area contributed by atoms with E-state index in [1.807, 2.05) is 0 Å². The van der Waals surface area contributed by atoms with Gasteiger partial charge in [-0.3, -0.25) is 4.79 Å². The van der Waals surface area contributed by atoms with Crippen LogP contribution in [0.15, 0.2) is 18.2 Å². The topological polar surface area (TPSA) is 49.3 Å². The summed E-state index contributed by atoms with van der Waals surface area (Å²) in [5.41, 5.74) is 1.11. The van der Waals surface area contributed by atoms with Crippen LogP contribution in [0.1, 0.15) is 48.0 Å². The van der Waals surface area contributed by atoms with Gasteiger partial charge < -0.3 is 10.4 Å². The van der Waals surface area contributed by atoms with E-state index >= 15 is 0 Å². The van der Waals surface area contributed by atoms with Crippen molar-refractivity contribution < 1.29 is 9.90 Å². The molecule has 1 aromatic rings. The molecule has 0 radical (unpaired) electrons. The fraction of sp³-hybridized carbons (Fsp3) is 0.533. The van der Waals surface area contributed by atoms with E-state index < -0.39 is 0 Å². The second-order valence-corrected chi connectivity index (χ2v) is 5.17. The van der Waals surface area contributed by atoms with E-state index in [0.29, 0.717) is 12.1 Å². The third-order valence-electron chi connectivity index (χ3n) is 3.80. The van der Waals surface area contributed by atoms with Crippen LogP contribution in [0.2, 0.25) is 0 Å². The van der Waals surface area contributed by atoms with Gasteiger partial charge in [0.15, 0.2) is 0 Å². The van der Waals surface area contributed by atoms with Crippen molar-refractivity contribution in [2.24, 2.45) is 5.92 Å². The predicted molar refractivity (Wildman–Crippen MR) is 71.8 cm³/mol. The van der Waals surface area contributed by atoms with E-state index in [0.717, 1.165) is 17.9 Å². The van der Waals surface area contributed by atoms with Crippen molar-refractivity contribution in [3.63, 3.8) is 0 Å². The van der Waals surface area contributed by atoms with Gasteiger partial charge in [-0.15, -0.1) is 0 Å². The maximum Gasteiger partial charge on any atom is 0.255 e. The van der Waals surface area contributed by atoms with Gasteiger partial charge in [-0.25, -0.2) is 0 Å². The van der Waals surface area contributed by atoms with Gasteiger partial charge in [-0.1, -0.05) is 37.8 Å². The van der Waals surface area contributed by atoms with Gasteiger partial charge in [0.05, 0.1) is 5.56 Å². The molecule has 0 unspecified atom stereocenters. The first-order valence-electron chi connectivity index (χ1n) is 6.75. The number of aromatic hydroxyl groups is 1. The minimum Gasteiger partial charge on any atom is -0.507 e. The number of hydrogen-bond acceptors (Lipinski definition) is 2. The average Bonchev–Trinajstić information content (AvgIpc) is 2.85. The molecule has 1 aliphatic rings. The highest BCUT2D eigenvalue weighted by atomic mass is 16.3. The molecule has 3 heteroatoms. The number of amides is 1. The normalized spacial score (nSPS) is 15.8. The Labute approximate surface area is 108 Å². The smallest absolute Gasteiger partial charge is 0.255 e. The van der Waals surface area contributed by atoms with Gasteiger partial charge in [-0.05, 0) is 30.9 Å². The van der Waals surface area contributed by atoms with E-state index in [2.05, 4.69) is 5.32 Å². The third-order valence-corrected chi connectivity index (χ3v) is 3.80. The number of nitrogens with one attached hydrogen (secondary N) is 1. The molecule has 0 aliphatic heterocycles. The first kappa shape index (κ1) is 12.9. The van der Waals surface area contributed by atoms with Crippen LogP contribution in [-0.4, -0.2) is 17.6 Å². The summed E-state index contributed by atoms with van der Waals surface area (Å²) in [6, 6.07) is 5.25. The number of carbonyl (C=O) groups is 1. The van der Waals surface area contributed by atoms with Gasteiger partial charge in [0.1, 0.15) is 5.75 Å². The van der Waals surface area contributed by atoms with Crippen LogP contribution in [0.4, 0.5) is 0 Å². The molecule has 1 aliphatic carbocycles. The maximum absolute atomic E-state index is 11.9. The zero-order valence-corrected chi connectivity index (χ0v) is 10.9. The molecule has 0 aromatic heterocycles. The summed E-state index contributed by atoms with van der Waals surface area (Å²) in [5, 5.41) is 12.7. The molecule has 0 saturated heterocycles. The van der Waals surface area contributed by atoms with Crippen LogP contribution in [-0.2, 0) is 0 Å². The van der Waals surface area contributed by atoms with Gasteiger partial charge in [0.25, 0.3) is 5.91 Å². The lowest BCUT2D eigenvalue weighted by molar-refractivity contribution is 0.0948. The monoisotopic (exact) mass is 247 g/mol. The third kappa shape index (κ3) is 3.03. The quantitative estimate of drug-likeness (QED) is 0.859. The van der Waals surface area contributed by atoms with Crippen molar-refractivity contribution in [2.75, 3.05) is 6.54 Å². The molecule has 3 nitrogen and oxygen atoms in total. The molecule has 2 N–H and O–H groups in total. The minimum atomic E-state index is -0.172. The lowest BCUT2D eigenvalue weighted by Crippen LogP contribution is -2.25. The number of carbonyl (C=O) groups excluding carboxylic acids is 1. The zero-order valence-electron chi connectivity index (χ0n) is 10.9. The van der Waals surface area contributed by atoms with Crippen molar-refractivity contribution in [3.05, 3.63) is 29.3 Å². The maximum atomic E-state index is 11.9. The van der Waals surface area contributed by atoms with Crippen LogP contribution in [0.3, 0.4) is 0 Å². The molecule has 0 bridgehead atoms. The first-order chi connectivity index (χ1) is 8.68. The van der Waals surface area contributed by atoms with Crippen LogP contribution in [0, 0.1) is 12.8 Å². The molecule has 0 heterocycles. The summed E-state index contributed by atoms with van der Waals surface area (Å²) >= 11 is 0. The number of aryl methyl sites for hydroxylation is 1. The Balaban J connectivity index is 1.85. The summed E-state index contributed by atoms with van der Waals surface area (Å²) in [6.45, 7) is 2.50. The minimum absolute atomic E-state index is 0.0934. The lowest BCUT2D eigenvalue weighted by atomic mass is 10.0. The van der Waals surface area contributed by atoms with Crippen LogP contribution < -0.4 is 5.32 Å². The van der Waals surface area contributed by atoms with Gasteiger partial charge in [-0.2, -0.15) is 0 Å². The summed E-state index contributed by atoms with van der Waals surface area (Å²) in [7, 11) is 0. The molecule has 98 valence electrons. The first-order valence-corrected chi connectivity index (χ1v) is 6.75. The molecule has 1 aromatic carbocycles. The van der Waals surface area contributed by atoms with Crippen molar-refractivity contribution in [1.29, 1.82) is 0 Å². The Morgan fingerprint density at radius 1 is 1.39 bits per heavy atom. The van der Waals surface area contributed by atoms with E-state index in [1.165, 1.54) is 25.7 Å². The Morgan fingerprint density at radius 3 is 2.83 bits per heavy atom. The van der Waals surface area contributed by atoms with Crippen molar-refractivity contribution >= 4 is 5.91 Å². The lowest BCUT2D eigenvalue weighted by Gasteiger charge is -2.11. The van der Waals surface area contributed by atoms with Crippen LogP contribution in [0.25, 0.3) is 0 Å². The molecule has 1 fully saturated rings. The van der Waals surface area contributed by atoms with Crippen molar-refractivity contribution in [1.82, 2.24) is 5.32 Å². The number of hydrogen-bond donors (Lipinski definition) is 2. The highest BCUT2D eigenvalue weighted by molar-refractivity contribution is 5.97. The Morgan fingerprint density at radius 2 is 2.11 bits per heavy atom. The fourth-order valence-corrected chi connectivity index (χ4v) is 2.63. The molecule has 1 saturated carbocycles. The molecule has 18 heavy (non-hydrogen) atoms. The predicted octanol–water partition coefficient (Wildman–Crippen LogP) is 3.01. The summed E-state index contributed by atoms with van der Waals surface area (Å²) in [5.74, 6) is 0.696. The van der Waals surface area contributed by atoms with Gasteiger partial charge in [0, 0.05) is 6.54 Å². The highest BCUT2D eigenvalue weighted by Gasteiger charge is 2.16. The SMILES string of the molecule is Cc1cccc(C(=O)NCCC2CCCC2)c1O. The molecular weight excluding hydrogens is 226 g/mol. The molecule has 1 amide bonds. The standard InChI is InChI=1S/C15H21NO2/c1-11-5-4-8-13(14(11)17)15(18)16-10-9-12-6-2-3-7-12/h4-5,8,12,17H,2-3,6-7,9-10H2,1H3,(H,16,18). The summed E-state index contributed by atoms with van der Waals surface area (Å²) in [6.07, 6.45) is 6.31. The molecular formula is C15H21NO2. The Kier molecular flexibility index (Phi) is 4.24. The van der Waals surface area contributed by atoms with Crippen LogP contribution in [0.5, 0.6) is 5.75 Å². The van der Waals surface area contributed by atoms with Gasteiger partial charge in [0.2, 0.25) is 0 Å². The van der Waals surface area contributed by atoms with E-state index in [1.54, 1.807) is 25.1 Å². The Bertz CT molecular complexity index is 423. The average molecular weight is 247 g/mol. The van der Waals surface area contributed by atoms with E-state index in [4.69, 9.17) is 0 Å². The molecule has 0 atom stereocenters. The number of benzene rings is 1. The fourth-order valence-electron chi connectivity index (χ4n) is 2.63.